The van der Waals surface area contributed by atoms with Gasteiger partial charge in [0.15, 0.2) is 0 Å². The summed E-state index contributed by atoms with van der Waals surface area (Å²) in [7, 11) is 0. The first-order valence-electron chi connectivity index (χ1n) is 9.82. The number of para-hydroxylation sites is 1. The summed E-state index contributed by atoms with van der Waals surface area (Å²) in [5.74, 6) is -0.690. The number of nitro benzene ring substituents is 1. The smallest absolute Gasteiger partial charge is 0.291 e. The first-order chi connectivity index (χ1) is 14.5. The summed E-state index contributed by atoms with van der Waals surface area (Å²) >= 11 is 0. The number of benzene rings is 2. The molecule has 0 saturated heterocycles. The zero-order valence-electron chi connectivity index (χ0n) is 16.9. The molecule has 3 aromatic rings. The lowest BCUT2D eigenvalue weighted by Gasteiger charge is -2.20. The van der Waals surface area contributed by atoms with Gasteiger partial charge in [0.1, 0.15) is 11.3 Å². The summed E-state index contributed by atoms with van der Waals surface area (Å²) in [4.78, 5) is 37.9. The molecule has 2 amide bonds. The number of amides is 2. The molecule has 1 N–H and O–H groups in total. The summed E-state index contributed by atoms with van der Waals surface area (Å²) in [5.41, 5.74) is 0.929. The van der Waals surface area contributed by atoms with Crippen molar-refractivity contribution >= 4 is 34.2 Å². The van der Waals surface area contributed by atoms with Crippen LogP contribution in [-0.2, 0) is 0 Å². The minimum absolute atomic E-state index is 0.0772. The van der Waals surface area contributed by atoms with E-state index in [2.05, 4.69) is 5.32 Å². The molecule has 156 valence electrons. The summed E-state index contributed by atoms with van der Waals surface area (Å²) in [6.45, 7) is 5.15. The molecule has 2 aromatic carbocycles. The van der Waals surface area contributed by atoms with E-state index in [9.17, 15) is 19.7 Å². The molecule has 0 fully saturated rings. The highest BCUT2D eigenvalue weighted by molar-refractivity contribution is 6.14. The zero-order valence-corrected chi connectivity index (χ0v) is 16.9. The Morgan fingerprint density at radius 2 is 1.67 bits per heavy atom. The average Bonchev–Trinajstić information content (AvgIpc) is 3.11. The molecule has 1 aromatic heterocycles. The van der Waals surface area contributed by atoms with Crippen molar-refractivity contribution in [2.75, 3.05) is 18.4 Å². The van der Waals surface area contributed by atoms with E-state index in [0.717, 1.165) is 12.8 Å². The van der Waals surface area contributed by atoms with Gasteiger partial charge in [-0.2, -0.15) is 0 Å². The molecule has 0 atom stereocenters. The van der Waals surface area contributed by atoms with Gasteiger partial charge in [0, 0.05) is 36.2 Å². The largest absolute Gasteiger partial charge is 0.449 e. The quantitative estimate of drug-likeness (QED) is 0.423. The fourth-order valence-corrected chi connectivity index (χ4v) is 3.24. The lowest BCUT2D eigenvalue weighted by atomic mass is 10.1. The van der Waals surface area contributed by atoms with Crippen molar-refractivity contribution in [3.05, 3.63) is 70.0 Å². The number of fused-ring (bicyclic) bond motifs is 1. The van der Waals surface area contributed by atoms with E-state index in [1.54, 1.807) is 29.2 Å². The van der Waals surface area contributed by atoms with Crippen LogP contribution in [0.3, 0.4) is 0 Å². The van der Waals surface area contributed by atoms with Gasteiger partial charge in [0.05, 0.1) is 4.92 Å². The maximum absolute atomic E-state index is 13.2. The molecule has 0 bridgehead atoms. The van der Waals surface area contributed by atoms with Gasteiger partial charge >= 0.3 is 0 Å². The molecule has 0 spiro atoms. The van der Waals surface area contributed by atoms with E-state index in [-0.39, 0.29) is 22.9 Å². The molecule has 8 heteroatoms. The van der Waals surface area contributed by atoms with E-state index >= 15 is 0 Å². The highest BCUT2D eigenvalue weighted by Gasteiger charge is 2.26. The van der Waals surface area contributed by atoms with Gasteiger partial charge in [0.2, 0.25) is 5.76 Å². The first kappa shape index (κ1) is 21.0. The van der Waals surface area contributed by atoms with Crippen LogP contribution in [0, 0.1) is 10.1 Å². The van der Waals surface area contributed by atoms with Gasteiger partial charge in [-0.25, -0.2) is 0 Å². The third kappa shape index (κ3) is 4.32. The monoisotopic (exact) mass is 409 g/mol. The number of hydrogen-bond acceptors (Lipinski definition) is 5. The molecule has 0 aliphatic heterocycles. The molecule has 30 heavy (non-hydrogen) atoms. The highest BCUT2D eigenvalue weighted by Crippen LogP contribution is 2.32. The Balaban J connectivity index is 1.97. The Morgan fingerprint density at radius 1 is 1.03 bits per heavy atom. The molecule has 0 saturated carbocycles. The second-order valence-corrected chi connectivity index (χ2v) is 6.85. The van der Waals surface area contributed by atoms with Crippen molar-refractivity contribution in [3.8, 4) is 0 Å². The minimum atomic E-state index is -0.530. The van der Waals surface area contributed by atoms with Crippen molar-refractivity contribution in [3.63, 3.8) is 0 Å². The van der Waals surface area contributed by atoms with Crippen LogP contribution in [0.1, 0.15) is 47.6 Å². The lowest BCUT2D eigenvalue weighted by Crippen LogP contribution is -2.32. The third-order valence-electron chi connectivity index (χ3n) is 4.64. The highest BCUT2D eigenvalue weighted by atomic mass is 16.6. The first-order valence-corrected chi connectivity index (χ1v) is 9.82. The van der Waals surface area contributed by atoms with Crippen LogP contribution in [0.5, 0.6) is 0 Å². The number of rotatable bonds is 8. The average molecular weight is 409 g/mol. The molecule has 0 aliphatic carbocycles. The Morgan fingerprint density at radius 3 is 2.27 bits per heavy atom. The number of carbonyl (C=O) groups excluding carboxylic acids is 2. The number of hydrogen-bond donors (Lipinski definition) is 1. The van der Waals surface area contributed by atoms with Crippen molar-refractivity contribution in [2.45, 2.75) is 26.7 Å². The van der Waals surface area contributed by atoms with Gasteiger partial charge in [0.25, 0.3) is 17.5 Å². The second-order valence-electron chi connectivity index (χ2n) is 6.85. The van der Waals surface area contributed by atoms with Gasteiger partial charge < -0.3 is 14.6 Å². The number of furan rings is 1. The number of nitrogens with zero attached hydrogens (tertiary/aromatic N) is 2. The van der Waals surface area contributed by atoms with Crippen LogP contribution in [0.2, 0.25) is 0 Å². The molecule has 0 radical (unpaired) electrons. The van der Waals surface area contributed by atoms with E-state index in [1.165, 1.54) is 24.3 Å². The minimum Gasteiger partial charge on any atom is -0.449 e. The molecular formula is C22H23N3O5. The molecular weight excluding hydrogens is 386 g/mol. The summed E-state index contributed by atoms with van der Waals surface area (Å²) in [6.07, 6.45) is 1.60. The molecule has 0 unspecified atom stereocenters. The molecule has 0 aliphatic rings. The summed E-state index contributed by atoms with van der Waals surface area (Å²) in [5, 5.41) is 14.2. The fourth-order valence-electron chi connectivity index (χ4n) is 3.24. The SMILES string of the molecule is CCCN(CCC)C(=O)c1oc2ccccc2c1NC(=O)c1ccc([N+](=O)[O-])cc1. The zero-order chi connectivity index (χ0) is 21.7. The Labute approximate surface area is 173 Å². The van der Waals surface area contributed by atoms with Crippen molar-refractivity contribution in [2.24, 2.45) is 0 Å². The number of anilines is 1. The Hall–Kier alpha value is -3.68. The fraction of sp³-hybridized carbons (Fsp3) is 0.273. The topological polar surface area (TPSA) is 106 Å². The predicted octanol–water partition coefficient (Wildman–Crippen LogP) is 4.86. The van der Waals surface area contributed by atoms with Crippen LogP contribution < -0.4 is 5.32 Å². The standard InChI is InChI=1S/C22H23N3O5/c1-3-13-24(14-4-2)22(27)20-19(17-7-5-6-8-18(17)30-20)23-21(26)15-9-11-16(12-10-15)25(28)29/h5-12H,3-4,13-14H2,1-2H3,(H,23,26). The van der Waals surface area contributed by atoms with E-state index in [0.29, 0.717) is 29.7 Å². The predicted molar refractivity (Wildman–Crippen MR) is 114 cm³/mol. The van der Waals surface area contributed by atoms with Gasteiger partial charge in [-0.05, 0) is 37.1 Å². The van der Waals surface area contributed by atoms with E-state index < -0.39 is 10.8 Å². The van der Waals surface area contributed by atoms with Crippen LogP contribution in [0.15, 0.2) is 52.9 Å². The molecule has 8 nitrogen and oxygen atoms in total. The third-order valence-corrected chi connectivity index (χ3v) is 4.64. The normalized spacial score (nSPS) is 10.7. The van der Waals surface area contributed by atoms with Crippen LogP contribution in [0.4, 0.5) is 11.4 Å². The number of nitro groups is 1. The van der Waals surface area contributed by atoms with Crippen LogP contribution >= 0.6 is 0 Å². The van der Waals surface area contributed by atoms with E-state index in [4.69, 9.17) is 4.42 Å². The van der Waals surface area contributed by atoms with Gasteiger partial charge in [-0.15, -0.1) is 0 Å². The lowest BCUT2D eigenvalue weighted by molar-refractivity contribution is -0.384. The number of carbonyl (C=O) groups is 2. The molecule has 3 rings (SSSR count). The summed E-state index contributed by atoms with van der Waals surface area (Å²) < 4.78 is 5.83. The summed E-state index contributed by atoms with van der Waals surface area (Å²) in [6, 6.07) is 12.4. The van der Waals surface area contributed by atoms with Crippen molar-refractivity contribution in [1.29, 1.82) is 0 Å². The van der Waals surface area contributed by atoms with Crippen LogP contribution in [-0.4, -0.2) is 34.7 Å². The van der Waals surface area contributed by atoms with Gasteiger partial charge in [-0.3, -0.25) is 19.7 Å². The molecule has 1 heterocycles. The van der Waals surface area contributed by atoms with E-state index in [1.807, 2.05) is 13.8 Å². The van der Waals surface area contributed by atoms with Crippen molar-refractivity contribution in [1.82, 2.24) is 4.90 Å². The van der Waals surface area contributed by atoms with Crippen molar-refractivity contribution < 1.29 is 18.9 Å². The number of non-ortho nitro benzene ring substituents is 1. The van der Waals surface area contributed by atoms with Gasteiger partial charge in [-0.1, -0.05) is 26.0 Å². The maximum Gasteiger partial charge on any atom is 0.291 e. The maximum atomic E-state index is 13.2. The second kappa shape index (κ2) is 9.21. The van der Waals surface area contributed by atoms with Crippen LogP contribution in [0.25, 0.3) is 11.0 Å². The Bertz CT molecular complexity index is 1070. The Kier molecular flexibility index (Phi) is 6.46. The number of nitrogens with one attached hydrogen (secondary N) is 1.